The van der Waals surface area contributed by atoms with Crippen molar-refractivity contribution in [3.8, 4) is 6.07 Å². The Hall–Kier alpha value is -4.86. The first-order chi connectivity index (χ1) is 17.0. The normalized spacial score (nSPS) is 11.3. The zero-order valence-electron chi connectivity index (χ0n) is 18.4. The number of alkyl halides is 3. The van der Waals surface area contributed by atoms with E-state index in [-0.39, 0.29) is 34.3 Å². The number of nitrogens with one attached hydrogen (secondary N) is 1. The van der Waals surface area contributed by atoms with E-state index >= 15 is 0 Å². The third kappa shape index (κ3) is 4.69. The summed E-state index contributed by atoms with van der Waals surface area (Å²) in [6.45, 7) is 1.15. The third-order valence-electron chi connectivity index (χ3n) is 5.25. The van der Waals surface area contributed by atoms with E-state index in [1.54, 1.807) is 0 Å². The first-order valence-electron chi connectivity index (χ1n) is 10.2. The Bertz CT molecular complexity index is 1550. The standard InChI is InChI=1S/C23H15F4N7O2/c1-11-19(20(23(25,26)27)33-34(11)10-14-4-2-12(8-28)9-30-14)32-22(36)18-7-16(21(29)35)15-5-3-13(24)6-17(15)31-18/h2-7,9H,10H2,1H3,(H2,29,35)(H,32,36). The maximum Gasteiger partial charge on any atom is 0.437 e. The number of primary amides is 1. The Balaban J connectivity index is 1.73. The summed E-state index contributed by atoms with van der Waals surface area (Å²) in [4.78, 5) is 32.8. The number of amides is 2. The Morgan fingerprint density at radius 2 is 1.94 bits per heavy atom. The van der Waals surface area contributed by atoms with Crippen molar-refractivity contribution in [2.45, 2.75) is 19.6 Å². The molecule has 0 aliphatic heterocycles. The van der Waals surface area contributed by atoms with E-state index < -0.39 is 40.9 Å². The van der Waals surface area contributed by atoms with Crippen LogP contribution in [0.1, 0.15) is 43.5 Å². The van der Waals surface area contributed by atoms with E-state index in [1.165, 1.54) is 31.3 Å². The van der Waals surface area contributed by atoms with Gasteiger partial charge in [-0.15, -0.1) is 0 Å². The fourth-order valence-corrected chi connectivity index (χ4v) is 3.49. The van der Waals surface area contributed by atoms with Crippen LogP contribution >= 0.6 is 0 Å². The summed E-state index contributed by atoms with van der Waals surface area (Å²) in [7, 11) is 0. The maximum absolute atomic E-state index is 13.8. The molecule has 182 valence electrons. The van der Waals surface area contributed by atoms with Crippen molar-refractivity contribution in [2.24, 2.45) is 5.73 Å². The van der Waals surface area contributed by atoms with Gasteiger partial charge < -0.3 is 11.1 Å². The number of nitrogens with two attached hydrogens (primary N) is 1. The first kappa shape index (κ1) is 24.3. The van der Waals surface area contributed by atoms with Crippen LogP contribution in [0.25, 0.3) is 10.9 Å². The summed E-state index contributed by atoms with van der Waals surface area (Å²) < 4.78 is 56.0. The summed E-state index contributed by atoms with van der Waals surface area (Å²) >= 11 is 0. The largest absolute Gasteiger partial charge is 0.437 e. The highest BCUT2D eigenvalue weighted by Gasteiger charge is 2.39. The van der Waals surface area contributed by atoms with Crippen molar-refractivity contribution in [2.75, 3.05) is 5.32 Å². The molecule has 0 fully saturated rings. The SMILES string of the molecule is Cc1c(NC(=O)c2cc(C(N)=O)c3ccc(F)cc3n2)c(C(F)(F)F)nn1Cc1ccc(C#N)cn1. The molecule has 0 aliphatic carbocycles. The molecule has 3 heterocycles. The van der Waals surface area contributed by atoms with Crippen LogP contribution in [0.5, 0.6) is 0 Å². The minimum absolute atomic E-state index is 0.0382. The quantitative estimate of drug-likeness (QED) is 0.404. The van der Waals surface area contributed by atoms with E-state index in [0.29, 0.717) is 5.69 Å². The van der Waals surface area contributed by atoms with Gasteiger partial charge in [0, 0.05) is 17.6 Å². The number of anilines is 1. The molecule has 3 aromatic heterocycles. The van der Waals surface area contributed by atoms with Crippen LogP contribution in [0.2, 0.25) is 0 Å². The molecule has 0 saturated heterocycles. The van der Waals surface area contributed by atoms with Crippen molar-refractivity contribution in [1.82, 2.24) is 19.7 Å². The second-order valence-electron chi connectivity index (χ2n) is 7.65. The van der Waals surface area contributed by atoms with Crippen LogP contribution in [-0.2, 0) is 12.7 Å². The maximum atomic E-state index is 13.8. The van der Waals surface area contributed by atoms with E-state index in [4.69, 9.17) is 11.0 Å². The average Bonchev–Trinajstić information content (AvgIpc) is 3.13. The molecule has 3 N–H and O–H groups in total. The lowest BCUT2D eigenvalue weighted by atomic mass is 10.1. The van der Waals surface area contributed by atoms with Gasteiger partial charge in [0.25, 0.3) is 5.91 Å². The van der Waals surface area contributed by atoms with E-state index in [9.17, 15) is 27.2 Å². The smallest absolute Gasteiger partial charge is 0.366 e. The molecule has 0 unspecified atom stereocenters. The van der Waals surface area contributed by atoms with Gasteiger partial charge in [-0.2, -0.15) is 23.5 Å². The Kier molecular flexibility index (Phi) is 6.11. The van der Waals surface area contributed by atoms with Crippen LogP contribution in [0.3, 0.4) is 0 Å². The summed E-state index contributed by atoms with van der Waals surface area (Å²) in [6, 6.07) is 9.13. The summed E-state index contributed by atoms with van der Waals surface area (Å²) in [6.07, 6.45) is -3.65. The van der Waals surface area contributed by atoms with Gasteiger partial charge in [0.05, 0.1) is 40.3 Å². The van der Waals surface area contributed by atoms with Gasteiger partial charge in [-0.25, -0.2) is 9.37 Å². The van der Waals surface area contributed by atoms with Gasteiger partial charge in [0.2, 0.25) is 5.91 Å². The highest BCUT2D eigenvalue weighted by Crippen LogP contribution is 2.36. The zero-order chi connectivity index (χ0) is 26.2. The molecule has 2 amide bonds. The Morgan fingerprint density at radius 3 is 2.56 bits per heavy atom. The van der Waals surface area contributed by atoms with Crippen molar-refractivity contribution in [3.05, 3.63) is 82.3 Å². The number of carbonyl (C=O) groups is 2. The number of hydrogen-bond acceptors (Lipinski definition) is 6. The summed E-state index contributed by atoms with van der Waals surface area (Å²) in [5.41, 5.74) is 3.27. The van der Waals surface area contributed by atoms with Gasteiger partial charge in [-0.3, -0.25) is 19.3 Å². The molecule has 0 spiro atoms. The second-order valence-corrected chi connectivity index (χ2v) is 7.65. The number of halogens is 4. The van der Waals surface area contributed by atoms with Crippen LogP contribution < -0.4 is 11.1 Å². The predicted molar refractivity (Wildman–Crippen MR) is 118 cm³/mol. The number of fused-ring (bicyclic) bond motifs is 1. The molecule has 1 aromatic carbocycles. The van der Waals surface area contributed by atoms with E-state index in [1.807, 2.05) is 6.07 Å². The van der Waals surface area contributed by atoms with Crippen molar-refractivity contribution < 1.29 is 27.2 Å². The highest BCUT2D eigenvalue weighted by molar-refractivity contribution is 6.10. The van der Waals surface area contributed by atoms with Crippen LogP contribution in [0.15, 0.2) is 42.6 Å². The highest BCUT2D eigenvalue weighted by atomic mass is 19.4. The van der Waals surface area contributed by atoms with E-state index in [0.717, 1.165) is 22.9 Å². The molecular weight excluding hydrogens is 482 g/mol. The molecule has 4 rings (SSSR count). The fraction of sp³-hybridized carbons (Fsp3) is 0.130. The minimum atomic E-state index is -4.92. The Morgan fingerprint density at radius 1 is 1.19 bits per heavy atom. The number of nitriles is 1. The van der Waals surface area contributed by atoms with Crippen molar-refractivity contribution in [3.63, 3.8) is 0 Å². The summed E-state index contributed by atoms with van der Waals surface area (Å²) in [5, 5.41) is 14.8. The number of benzene rings is 1. The summed E-state index contributed by atoms with van der Waals surface area (Å²) in [5.74, 6) is -2.72. The second kappa shape index (κ2) is 9.06. The monoisotopic (exact) mass is 497 g/mol. The third-order valence-corrected chi connectivity index (χ3v) is 5.25. The number of nitrogens with zero attached hydrogens (tertiary/aromatic N) is 5. The number of aromatic nitrogens is 4. The number of hydrogen-bond donors (Lipinski definition) is 2. The van der Waals surface area contributed by atoms with Crippen LogP contribution in [0.4, 0.5) is 23.2 Å². The lowest BCUT2D eigenvalue weighted by Crippen LogP contribution is -2.19. The van der Waals surface area contributed by atoms with Gasteiger partial charge >= 0.3 is 6.18 Å². The van der Waals surface area contributed by atoms with Gasteiger partial charge in [-0.05, 0) is 37.3 Å². The molecule has 9 nitrogen and oxygen atoms in total. The molecule has 4 aromatic rings. The molecule has 0 saturated carbocycles. The van der Waals surface area contributed by atoms with Crippen molar-refractivity contribution in [1.29, 1.82) is 5.26 Å². The minimum Gasteiger partial charge on any atom is -0.366 e. The topological polar surface area (TPSA) is 140 Å². The van der Waals surface area contributed by atoms with Gasteiger partial charge in [-0.1, -0.05) is 0 Å². The first-order valence-corrected chi connectivity index (χ1v) is 10.2. The Labute approximate surface area is 200 Å². The molecule has 0 atom stereocenters. The molecule has 0 aliphatic rings. The number of pyridine rings is 2. The van der Waals surface area contributed by atoms with Crippen molar-refractivity contribution >= 4 is 28.4 Å². The zero-order valence-corrected chi connectivity index (χ0v) is 18.4. The number of rotatable bonds is 5. The average molecular weight is 497 g/mol. The molecule has 0 radical (unpaired) electrons. The predicted octanol–water partition coefficient (Wildman–Crippen LogP) is 3.56. The van der Waals surface area contributed by atoms with Crippen LogP contribution in [-0.4, -0.2) is 31.6 Å². The molecule has 13 heteroatoms. The lowest BCUT2D eigenvalue weighted by Gasteiger charge is -2.11. The van der Waals surface area contributed by atoms with Gasteiger partial charge in [0.15, 0.2) is 5.69 Å². The fourth-order valence-electron chi connectivity index (χ4n) is 3.49. The van der Waals surface area contributed by atoms with E-state index in [2.05, 4.69) is 20.4 Å². The lowest BCUT2D eigenvalue weighted by molar-refractivity contribution is -0.140. The number of carbonyl (C=O) groups excluding carboxylic acids is 2. The molecular formula is C23H15F4N7O2. The molecule has 36 heavy (non-hydrogen) atoms. The van der Waals surface area contributed by atoms with Crippen LogP contribution in [0, 0.1) is 24.1 Å². The molecule has 0 bridgehead atoms. The van der Waals surface area contributed by atoms with Gasteiger partial charge in [0.1, 0.15) is 17.6 Å².